The number of benzene rings is 2. The summed E-state index contributed by atoms with van der Waals surface area (Å²) in [6.45, 7) is 4.99. The zero-order chi connectivity index (χ0) is 16.7. The van der Waals surface area contributed by atoms with Gasteiger partial charge in [0.2, 0.25) is 5.91 Å². The molecule has 0 spiro atoms. The molecule has 2 heterocycles. The zero-order valence-corrected chi connectivity index (χ0v) is 14.2. The molecule has 0 unspecified atom stereocenters. The Hall–Kier alpha value is -2.55. The van der Waals surface area contributed by atoms with Gasteiger partial charge in [-0.3, -0.25) is 4.79 Å². The lowest BCUT2D eigenvalue weighted by atomic mass is 10.1. The largest absolute Gasteiger partial charge is 0.326 e. The number of aromatic nitrogens is 1. The van der Waals surface area contributed by atoms with E-state index in [1.807, 2.05) is 23.1 Å². The van der Waals surface area contributed by atoms with Gasteiger partial charge in [-0.05, 0) is 43.0 Å². The maximum Gasteiger partial charge on any atom is 0.224 e. The number of likely N-dealkylation sites (tertiary alicyclic amines) is 1. The second kappa shape index (κ2) is 5.82. The molecular formula is C21H22N2O. The summed E-state index contributed by atoms with van der Waals surface area (Å²) in [5, 5.41) is 1.32. The Morgan fingerprint density at radius 3 is 2.58 bits per heavy atom. The van der Waals surface area contributed by atoms with E-state index >= 15 is 0 Å². The molecule has 0 aliphatic carbocycles. The third-order valence-electron chi connectivity index (χ3n) is 5.07. The van der Waals surface area contributed by atoms with E-state index in [4.69, 9.17) is 0 Å². The number of carbonyl (C=O) groups excluding carboxylic acids is 1. The van der Waals surface area contributed by atoms with Gasteiger partial charge in [0.25, 0.3) is 0 Å². The van der Waals surface area contributed by atoms with Crippen molar-refractivity contribution in [2.45, 2.75) is 39.4 Å². The standard InChI is InChI=1S/C21H22N2O/c1-15-7-6-10-18-21(15)16(2)13-22(18)19-11-12-20(24)23(19)14-17-8-4-3-5-9-17/h3-10,13,19H,11-12,14H2,1-2H3/t19-/m0/s1. The van der Waals surface area contributed by atoms with E-state index in [9.17, 15) is 4.79 Å². The summed E-state index contributed by atoms with van der Waals surface area (Å²) in [5.74, 6) is 0.246. The predicted molar refractivity (Wildman–Crippen MR) is 96.7 cm³/mol. The van der Waals surface area contributed by atoms with E-state index in [1.54, 1.807) is 0 Å². The molecule has 1 aliphatic rings. The molecule has 0 bridgehead atoms. The average Bonchev–Trinajstić information content (AvgIpc) is 3.10. The van der Waals surface area contributed by atoms with Crippen LogP contribution in [0.15, 0.2) is 54.7 Å². The monoisotopic (exact) mass is 318 g/mol. The van der Waals surface area contributed by atoms with Crippen LogP contribution in [0.1, 0.15) is 35.7 Å². The number of carbonyl (C=O) groups is 1. The predicted octanol–water partition coefficient (Wildman–Crippen LogP) is 4.58. The topological polar surface area (TPSA) is 25.2 Å². The van der Waals surface area contributed by atoms with Crippen molar-refractivity contribution in [2.24, 2.45) is 0 Å². The molecule has 4 rings (SSSR count). The van der Waals surface area contributed by atoms with Crippen molar-refractivity contribution in [3.63, 3.8) is 0 Å². The third kappa shape index (κ3) is 2.41. The van der Waals surface area contributed by atoms with Gasteiger partial charge in [-0.25, -0.2) is 0 Å². The number of hydrogen-bond donors (Lipinski definition) is 0. The van der Waals surface area contributed by atoms with Crippen LogP contribution in [0.4, 0.5) is 0 Å². The van der Waals surface area contributed by atoms with Gasteiger partial charge in [0.05, 0.1) is 5.52 Å². The molecule has 1 saturated heterocycles. The lowest BCUT2D eigenvalue weighted by Gasteiger charge is -2.27. The summed E-state index contributed by atoms with van der Waals surface area (Å²) in [6.07, 6.45) is 3.82. The summed E-state index contributed by atoms with van der Waals surface area (Å²) in [6, 6.07) is 16.7. The van der Waals surface area contributed by atoms with Crippen LogP contribution in [0.2, 0.25) is 0 Å². The Kier molecular flexibility index (Phi) is 3.64. The molecule has 3 heteroatoms. The molecule has 0 N–H and O–H groups in total. The van der Waals surface area contributed by atoms with Crippen molar-refractivity contribution in [3.8, 4) is 0 Å². The van der Waals surface area contributed by atoms with Gasteiger partial charge < -0.3 is 9.47 Å². The first-order chi connectivity index (χ1) is 11.6. The van der Waals surface area contributed by atoms with Gasteiger partial charge in [0.15, 0.2) is 0 Å². The van der Waals surface area contributed by atoms with E-state index in [0.717, 1.165) is 6.42 Å². The number of nitrogens with zero attached hydrogens (tertiary/aromatic N) is 2. The van der Waals surface area contributed by atoms with E-state index < -0.39 is 0 Å². The lowest BCUT2D eigenvalue weighted by Crippen LogP contribution is -2.30. The molecule has 3 aromatic rings. The van der Waals surface area contributed by atoms with Crippen molar-refractivity contribution < 1.29 is 4.79 Å². The highest BCUT2D eigenvalue weighted by Gasteiger charge is 2.33. The second-order valence-electron chi connectivity index (χ2n) is 6.71. The number of fused-ring (bicyclic) bond motifs is 1. The van der Waals surface area contributed by atoms with E-state index in [0.29, 0.717) is 13.0 Å². The van der Waals surface area contributed by atoms with E-state index in [2.05, 4.69) is 54.9 Å². The van der Waals surface area contributed by atoms with Crippen LogP contribution >= 0.6 is 0 Å². The average molecular weight is 318 g/mol. The zero-order valence-electron chi connectivity index (χ0n) is 14.2. The normalized spacial score (nSPS) is 17.8. The Labute approximate surface area is 142 Å². The van der Waals surface area contributed by atoms with Gasteiger partial charge in [-0.1, -0.05) is 42.5 Å². The van der Waals surface area contributed by atoms with Gasteiger partial charge >= 0.3 is 0 Å². The summed E-state index contributed by atoms with van der Waals surface area (Å²) in [7, 11) is 0. The van der Waals surface area contributed by atoms with Crippen LogP contribution in [-0.2, 0) is 11.3 Å². The quantitative estimate of drug-likeness (QED) is 0.694. The molecule has 3 nitrogen and oxygen atoms in total. The molecule has 0 saturated carbocycles. The van der Waals surface area contributed by atoms with Crippen LogP contribution in [-0.4, -0.2) is 15.4 Å². The van der Waals surface area contributed by atoms with Gasteiger partial charge in [0.1, 0.15) is 6.17 Å². The number of rotatable bonds is 3. The SMILES string of the molecule is Cc1cccc2c1c(C)cn2[C@@H]1CCC(=O)N1Cc1ccccc1. The Bertz CT molecular complexity index is 895. The Morgan fingerprint density at radius 2 is 1.79 bits per heavy atom. The van der Waals surface area contributed by atoms with E-state index in [1.165, 1.54) is 27.6 Å². The molecule has 24 heavy (non-hydrogen) atoms. The summed E-state index contributed by atoms with van der Waals surface area (Å²) >= 11 is 0. The fourth-order valence-corrected chi connectivity index (χ4v) is 3.95. The molecule has 1 aromatic heterocycles. The molecule has 1 aliphatic heterocycles. The molecule has 122 valence electrons. The summed E-state index contributed by atoms with van der Waals surface area (Å²) < 4.78 is 2.30. The number of aryl methyl sites for hydroxylation is 2. The van der Waals surface area contributed by atoms with E-state index in [-0.39, 0.29) is 12.1 Å². The smallest absolute Gasteiger partial charge is 0.224 e. The van der Waals surface area contributed by atoms with Gasteiger partial charge in [-0.15, -0.1) is 0 Å². The van der Waals surface area contributed by atoms with Crippen LogP contribution in [0.5, 0.6) is 0 Å². The molecule has 2 aromatic carbocycles. The van der Waals surface area contributed by atoms with Gasteiger partial charge in [0, 0.05) is 24.5 Å². The van der Waals surface area contributed by atoms with Crippen molar-refractivity contribution >= 4 is 16.8 Å². The maximum atomic E-state index is 12.5. The molecule has 1 atom stereocenters. The first-order valence-electron chi connectivity index (χ1n) is 8.55. The van der Waals surface area contributed by atoms with Crippen LogP contribution in [0, 0.1) is 13.8 Å². The van der Waals surface area contributed by atoms with Crippen molar-refractivity contribution in [1.82, 2.24) is 9.47 Å². The highest BCUT2D eigenvalue weighted by atomic mass is 16.2. The summed E-state index contributed by atoms with van der Waals surface area (Å²) in [4.78, 5) is 14.5. The first-order valence-corrected chi connectivity index (χ1v) is 8.55. The van der Waals surface area contributed by atoms with Crippen LogP contribution in [0.25, 0.3) is 10.9 Å². The van der Waals surface area contributed by atoms with Crippen molar-refractivity contribution in [2.75, 3.05) is 0 Å². The second-order valence-corrected chi connectivity index (χ2v) is 6.71. The van der Waals surface area contributed by atoms with Crippen LogP contribution in [0.3, 0.4) is 0 Å². The number of hydrogen-bond acceptors (Lipinski definition) is 1. The fraction of sp³-hybridized carbons (Fsp3) is 0.286. The fourth-order valence-electron chi connectivity index (χ4n) is 3.95. The van der Waals surface area contributed by atoms with Crippen LogP contribution < -0.4 is 0 Å². The minimum absolute atomic E-state index is 0.107. The van der Waals surface area contributed by atoms with Gasteiger partial charge in [-0.2, -0.15) is 0 Å². The minimum Gasteiger partial charge on any atom is -0.326 e. The third-order valence-corrected chi connectivity index (χ3v) is 5.07. The number of amides is 1. The molecular weight excluding hydrogens is 296 g/mol. The Morgan fingerprint density at radius 1 is 1.00 bits per heavy atom. The Balaban J connectivity index is 1.75. The highest BCUT2D eigenvalue weighted by molar-refractivity contribution is 5.87. The van der Waals surface area contributed by atoms with Crippen molar-refractivity contribution in [3.05, 3.63) is 71.4 Å². The highest BCUT2D eigenvalue weighted by Crippen LogP contribution is 2.35. The minimum atomic E-state index is 0.107. The van der Waals surface area contributed by atoms with Crippen molar-refractivity contribution in [1.29, 1.82) is 0 Å². The maximum absolute atomic E-state index is 12.5. The first kappa shape index (κ1) is 15.0. The summed E-state index contributed by atoms with van der Waals surface area (Å²) in [5.41, 5.74) is 4.98. The molecule has 1 fully saturated rings. The molecule has 1 amide bonds. The molecule has 0 radical (unpaired) electrons. The lowest BCUT2D eigenvalue weighted by molar-refractivity contribution is -0.130.